The number of nitro benzene ring substituents is 1. The van der Waals surface area contributed by atoms with Crippen LogP contribution in [0.5, 0.6) is 0 Å². The van der Waals surface area contributed by atoms with Gasteiger partial charge in [0.2, 0.25) is 0 Å². The highest BCUT2D eigenvalue weighted by Crippen LogP contribution is 2.40. The molecule has 1 fully saturated rings. The molecule has 0 unspecified atom stereocenters. The molecule has 1 aliphatic rings. The van der Waals surface area contributed by atoms with Gasteiger partial charge in [-0.3, -0.25) is 10.1 Å². The van der Waals surface area contributed by atoms with Crippen LogP contribution in [0.2, 0.25) is 0 Å². The zero-order valence-electron chi connectivity index (χ0n) is 9.70. The van der Waals surface area contributed by atoms with Crippen molar-refractivity contribution in [3.63, 3.8) is 0 Å². The molecule has 0 aromatic heterocycles. The van der Waals surface area contributed by atoms with Gasteiger partial charge in [-0.25, -0.2) is 0 Å². The topological polar surface area (TPSA) is 55.2 Å². The normalized spacial score (nSPS) is 17.3. The first-order valence-electron chi connectivity index (χ1n) is 5.68. The summed E-state index contributed by atoms with van der Waals surface area (Å²) in [6, 6.07) is 5.11. The Morgan fingerprint density at radius 3 is 2.76 bits per heavy atom. The van der Waals surface area contributed by atoms with Gasteiger partial charge in [-0.15, -0.1) is 0 Å². The third-order valence-electron chi connectivity index (χ3n) is 3.42. The Morgan fingerprint density at radius 1 is 1.53 bits per heavy atom. The van der Waals surface area contributed by atoms with Crippen molar-refractivity contribution >= 4 is 27.3 Å². The number of hydrogen-bond acceptors (Lipinski definition) is 3. The van der Waals surface area contributed by atoms with E-state index in [1.54, 1.807) is 6.07 Å². The summed E-state index contributed by atoms with van der Waals surface area (Å²) >= 11 is 3.25. The molecule has 17 heavy (non-hydrogen) atoms. The Balaban J connectivity index is 2.12. The molecule has 1 N–H and O–H groups in total. The van der Waals surface area contributed by atoms with E-state index < -0.39 is 0 Å². The van der Waals surface area contributed by atoms with Crippen LogP contribution in [0.3, 0.4) is 0 Å². The Labute approximate surface area is 109 Å². The first-order valence-corrected chi connectivity index (χ1v) is 6.47. The second kappa shape index (κ2) is 4.64. The summed E-state index contributed by atoms with van der Waals surface area (Å²) in [5.74, 6) is 0. The zero-order valence-corrected chi connectivity index (χ0v) is 11.3. The lowest BCUT2D eigenvalue weighted by atomic mass is 9.70. The molecule has 2 rings (SSSR count). The average Bonchev–Trinajstić information content (AvgIpc) is 2.24. The highest BCUT2D eigenvalue weighted by atomic mass is 79.9. The molecule has 92 valence electrons. The molecular weight excluding hydrogens is 284 g/mol. The molecule has 1 saturated carbocycles. The third-order valence-corrected chi connectivity index (χ3v) is 3.92. The molecule has 0 saturated heterocycles. The molecule has 1 aromatic carbocycles. The summed E-state index contributed by atoms with van der Waals surface area (Å²) in [5, 5.41) is 14.1. The predicted molar refractivity (Wildman–Crippen MR) is 71.2 cm³/mol. The smallest absolute Gasteiger partial charge is 0.293 e. The first kappa shape index (κ1) is 12.4. The summed E-state index contributed by atoms with van der Waals surface area (Å²) in [5.41, 5.74) is 1.04. The largest absolute Gasteiger partial charge is 0.379 e. The van der Waals surface area contributed by atoms with Crippen molar-refractivity contribution in [2.45, 2.75) is 26.2 Å². The van der Waals surface area contributed by atoms with Crippen LogP contribution in [0.15, 0.2) is 22.7 Å². The van der Waals surface area contributed by atoms with Gasteiger partial charge < -0.3 is 5.32 Å². The lowest BCUT2D eigenvalue weighted by molar-refractivity contribution is -0.384. The number of halogens is 1. The van der Waals surface area contributed by atoms with E-state index in [0.29, 0.717) is 11.1 Å². The van der Waals surface area contributed by atoms with Gasteiger partial charge in [0.15, 0.2) is 0 Å². The molecule has 0 spiro atoms. The monoisotopic (exact) mass is 298 g/mol. The van der Waals surface area contributed by atoms with Crippen molar-refractivity contribution in [2.24, 2.45) is 5.41 Å². The maximum Gasteiger partial charge on any atom is 0.293 e. The van der Waals surface area contributed by atoms with Gasteiger partial charge >= 0.3 is 0 Å². The van der Waals surface area contributed by atoms with Crippen LogP contribution in [0.1, 0.15) is 26.2 Å². The molecule has 0 radical (unpaired) electrons. The number of nitrogens with zero attached hydrogens (tertiary/aromatic N) is 1. The van der Waals surface area contributed by atoms with Gasteiger partial charge in [0, 0.05) is 17.1 Å². The minimum atomic E-state index is -0.351. The maximum absolute atomic E-state index is 10.9. The lowest BCUT2D eigenvalue weighted by Crippen LogP contribution is -2.33. The standard InChI is InChI=1S/C12H15BrN2O2/c1-12(5-2-6-12)8-14-10-4-3-9(13)7-11(10)15(16)17/h3-4,7,14H,2,5-6,8H2,1H3. The van der Waals surface area contributed by atoms with Gasteiger partial charge in [0.25, 0.3) is 5.69 Å². The number of anilines is 1. The summed E-state index contributed by atoms with van der Waals surface area (Å²) < 4.78 is 0.726. The molecule has 0 heterocycles. The Bertz CT molecular complexity index is 444. The summed E-state index contributed by atoms with van der Waals surface area (Å²) in [6.07, 6.45) is 3.66. The first-order chi connectivity index (χ1) is 8.00. The number of nitro groups is 1. The second-order valence-corrected chi connectivity index (χ2v) is 5.85. The minimum absolute atomic E-state index is 0.127. The zero-order chi connectivity index (χ0) is 12.5. The average molecular weight is 299 g/mol. The van der Waals surface area contributed by atoms with Crippen molar-refractivity contribution in [1.82, 2.24) is 0 Å². The molecule has 4 nitrogen and oxygen atoms in total. The number of nitrogens with one attached hydrogen (secondary N) is 1. The molecule has 0 aliphatic heterocycles. The van der Waals surface area contributed by atoms with E-state index in [2.05, 4.69) is 28.2 Å². The molecule has 1 aliphatic carbocycles. The van der Waals surface area contributed by atoms with Crippen molar-refractivity contribution < 1.29 is 4.92 Å². The fraction of sp³-hybridized carbons (Fsp3) is 0.500. The highest BCUT2D eigenvalue weighted by molar-refractivity contribution is 9.10. The number of rotatable bonds is 4. The highest BCUT2D eigenvalue weighted by Gasteiger charge is 2.31. The fourth-order valence-electron chi connectivity index (χ4n) is 2.07. The van der Waals surface area contributed by atoms with Crippen LogP contribution in [0.25, 0.3) is 0 Å². The van der Waals surface area contributed by atoms with E-state index in [9.17, 15) is 10.1 Å². The van der Waals surface area contributed by atoms with E-state index >= 15 is 0 Å². The van der Waals surface area contributed by atoms with Crippen LogP contribution in [0, 0.1) is 15.5 Å². The Kier molecular flexibility index (Phi) is 3.38. The van der Waals surface area contributed by atoms with Gasteiger partial charge in [0.05, 0.1) is 4.92 Å². The Hall–Kier alpha value is -1.10. The van der Waals surface area contributed by atoms with E-state index in [-0.39, 0.29) is 10.6 Å². The second-order valence-electron chi connectivity index (χ2n) is 4.94. The van der Waals surface area contributed by atoms with E-state index in [0.717, 1.165) is 11.0 Å². The third kappa shape index (κ3) is 2.77. The summed E-state index contributed by atoms with van der Waals surface area (Å²) in [6.45, 7) is 3.02. The van der Waals surface area contributed by atoms with Crippen molar-refractivity contribution in [1.29, 1.82) is 0 Å². The quantitative estimate of drug-likeness (QED) is 0.676. The number of benzene rings is 1. The fourth-order valence-corrected chi connectivity index (χ4v) is 2.42. The van der Waals surface area contributed by atoms with Gasteiger partial charge in [0.1, 0.15) is 5.69 Å². The van der Waals surface area contributed by atoms with Crippen LogP contribution in [-0.2, 0) is 0 Å². The van der Waals surface area contributed by atoms with E-state index in [1.165, 1.54) is 25.3 Å². The molecule has 1 aromatic rings. The van der Waals surface area contributed by atoms with Crippen molar-refractivity contribution in [3.8, 4) is 0 Å². The summed E-state index contributed by atoms with van der Waals surface area (Å²) in [7, 11) is 0. The lowest BCUT2D eigenvalue weighted by Gasteiger charge is -2.38. The maximum atomic E-state index is 10.9. The summed E-state index contributed by atoms with van der Waals surface area (Å²) in [4.78, 5) is 10.6. The molecule has 0 atom stereocenters. The van der Waals surface area contributed by atoms with E-state index in [1.807, 2.05) is 6.07 Å². The molecular formula is C12H15BrN2O2. The molecule has 5 heteroatoms. The van der Waals surface area contributed by atoms with Crippen LogP contribution >= 0.6 is 15.9 Å². The van der Waals surface area contributed by atoms with Crippen LogP contribution in [-0.4, -0.2) is 11.5 Å². The van der Waals surface area contributed by atoms with Gasteiger partial charge in [-0.2, -0.15) is 0 Å². The van der Waals surface area contributed by atoms with Gasteiger partial charge in [-0.1, -0.05) is 29.3 Å². The minimum Gasteiger partial charge on any atom is -0.379 e. The van der Waals surface area contributed by atoms with Crippen molar-refractivity contribution in [3.05, 3.63) is 32.8 Å². The number of hydrogen-bond donors (Lipinski definition) is 1. The SMILES string of the molecule is CC1(CNc2ccc(Br)cc2[N+](=O)[O-])CCC1. The van der Waals surface area contributed by atoms with E-state index in [4.69, 9.17) is 0 Å². The predicted octanol–water partition coefficient (Wildman–Crippen LogP) is 3.96. The van der Waals surface area contributed by atoms with Crippen molar-refractivity contribution in [2.75, 3.05) is 11.9 Å². The molecule has 0 bridgehead atoms. The van der Waals surface area contributed by atoms with Crippen LogP contribution in [0.4, 0.5) is 11.4 Å². The molecule has 0 amide bonds. The van der Waals surface area contributed by atoms with Crippen LogP contribution < -0.4 is 5.32 Å². The Morgan fingerprint density at radius 2 is 2.24 bits per heavy atom. The van der Waals surface area contributed by atoms with Gasteiger partial charge in [-0.05, 0) is 30.4 Å².